The minimum atomic E-state index is 0.376. The number of aryl methyl sites for hydroxylation is 1. The maximum atomic E-state index is 9.12. The Hall–Kier alpha value is -2.21. The zero-order valence-electron chi connectivity index (χ0n) is 12.6. The standard InChI is InChI=1S/C15H22N4O2/c1-4-19-8-11(7-17-19)12-5-6-13(18-20)14(16)15(12)21-9-10(2)3/h5-8,10,18,20H,4,9,16H2,1-3H3. The highest BCUT2D eigenvalue weighted by Crippen LogP contribution is 2.39. The molecule has 0 bridgehead atoms. The Kier molecular flexibility index (Phi) is 4.70. The van der Waals surface area contributed by atoms with E-state index in [1.54, 1.807) is 12.3 Å². The minimum Gasteiger partial charge on any atom is -0.490 e. The van der Waals surface area contributed by atoms with Crippen molar-refractivity contribution in [1.82, 2.24) is 9.78 Å². The normalized spacial score (nSPS) is 10.9. The summed E-state index contributed by atoms with van der Waals surface area (Å²) in [6.07, 6.45) is 3.73. The lowest BCUT2D eigenvalue weighted by Crippen LogP contribution is -2.08. The van der Waals surface area contributed by atoms with Gasteiger partial charge in [-0.05, 0) is 25.0 Å². The van der Waals surface area contributed by atoms with Crippen LogP contribution in [0.1, 0.15) is 20.8 Å². The van der Waals surface area contributed by atoms with Crippen LogP contribution < -0.4 is 16.0 Å². The largest absolute Gasteiger partial charge is 0.490 e. The summed E-state index contributed by atoms with van der Waals surface area (Å²) in [6.45, 7) is 7.51. The van der Waals surface area contributed by atoms with Gasteiger partial charge >= 0.3 is 0 Å². The van der Waals surface area contributed by atoms with Gasteiger partial charge in [-0.1, -0.05) is 13.8 Å². The maximum absolute atomic E-state index is 9.12. The van der Waals surface area contributed by atoms with E-state index in [-0.39, 0.29) is 0 Å². The SMILES string of the molecule is CCn1cc(-c2ccc(NO)c(N)c2OCC(C)C)cn1. The topological polar surface area (TPSA) is 85.3 Å². The first-order chi connectivity index (χ1) is 10.1. The molecular weight excluding hydrogens is 268 g/mol. The molecule has 2 aromatic rings. The van der Waals surface area contributed by atoms with Gasteiger partial charge in [0.1, 0.15) is 5.69 Å². The van der Waals surface area contributed by atoms with E-state index < -0.39 is 0 Å². The van der Waals surface area contributed by atoms with Crippen LogP contribution in [0.25, 0.3) is 11.1 Å². The van der Waals surface area contributed by atoms with Crippen LogP contribution in [0.2, 0.25) is 0 Å². The van der Waals surface area contributed by atoms with E-state index in [9.17, 15) is 0 Å². The molecule has 114 valence electrons. The molecule has 1 aromatic heterocycles. The van der Waals surface area contributed by atoms with E-state index in [0.717, 1.165) is 17.7 Å². The van der Waals surface area contributed by atoms with Crippen molar-refractivity contribution >= 4 is 11.4 Å². The van der Waals surface area contributed by atoms with Crippen LogP contribution in [0.4, 0.5) is 11.4 Å². The van der Waals surface area contributed by atoms with Crippen LogP contribution >= 0.6 is 0 Å². The lowest BCUT2D eigenvalue weighted by Gasteiger charge is -2.16. The van der Waals surface area contributed by atoms with Gasteiger partial charge in [0.05, 0.1) is 18.5 Å². The molecule has 0 saturated carbocycles. The van der Waals surface area contributed by atoms with E-state index >= 15 is 0 Å². The molecule has 1 aromatic carbocycles. The number of hydrogen-bond donors (Lipinski definition) is 3. The van der Waals surface area contributed by atoms with Crippen molar-refractivity contribution in [3.63, 3.8) is 0 Å². The molecule has 0 unspecified atom stereocenters. The fourth-order valence-electron chi connectivity index (χ4n) is 2.01. The number of nitrogens with zero attached hydrogens (tertiary/aromatic N) is 2. The second kappa shape index (κ2) is 6.49. The Morgan fingerprint density at radius 3 is 2.76 bits per heavy atom. The third-order valence-electron chi connectivity index (χ3n) is 3.15. The van der Waals surface area contributed by atoms with E-state index in [2.05, 4.69) is 24.4 Å². The Morgan fingerprint density at radius 1 is 1.43 bits per heavy atom. The number of benzene rings is 1. The molecule has 4 N–H and O–H groups in total. The monoisotopic (exact) mass is 290 g/mol. The number of nitrogens with one attached hydrogen (secondary N) is 1. The molecule has 2 rings (SSSR count). The van der Waals surface area contributed by atoms with Crippen LogP contribution in [-0.2, 0) is 6.54 Å². The fraction of sp³-hybridized carbons (Fsp3) is 0.400. The van der Waals surface area contributed by atoms with E-state index in [1.165, 1.54) is 0 Å². The number of ether oxygens (including phenoxy) is 1. The maximum Gasteiger partial charge on any atom is 0.152 e. The van der Waals surface area contributed by atoms with Gasteiger partial charge in [0.25, 0.3) is 0 Å². The third-order valence-corrected chi connectivity index (χ3v) is 3.15. The highest BCUT2D eigenvalue weighted by Gasteiger charge is 2.15. The van der Waals surface area contributed by atoms with Crippen molar-refractivity contribution in [3.8, 4) is 16.9 Å². The number of anilines is 2. The Labute approximate surface area is 124 Å². The lowest BCUT2D eigenvalue weighted by molar-refractivity contribution is 0.273. The van der Waals surface area contributed by atoms with Crippen LogP contribution in [0, 0.1) is 5.92 Å². The summed E-state index contributed by atoms with van der Waals surface area (Å²) in [6, 6.07) is 3.58. The molecular formula is C15H22N4O2. The smallest absolute Gasteiger partial charge is 0.152 e. The summed E-state index contributed by atoms with van der Waals surface area (Å²) in [5.74, 6) is 0.944. The predicted molar refractivity (Wildman–Crippen MR) is 83.5 cm³/mol. The van der Waals surface area contributed by atoms with E-state index in [4.69, 9.17) is 15.7 Å². The van der Waals surface area contributed by atoms with Crippen molar-refractivity contribution in [2.75, 3.05) is 17.8 Å². The first kappa shape index (κ1) is 15.2. The number of nitrogen functional groups attached to an aromatic ring is 1. The van der Waals surface area contributed by atoms with Crippen LogP contribution in [0.5, 0.6) is 5.75 Å². The van der Waals surface area contributed by atoms with Gasteiger partial charge in [0.15, 0.2) is 5.75 Å². The highest BCUT2D eigenvalue weighted by atomic mass is 16.5. The highest BCUT2D eigenvalue weighted by molar-refractivity contribution is 5.84. The summed E-state index contributed by atoms with van der Waals surface area (Å²) < 4.78 is 7.70. The van der Waals surface area contributed by atoms with Crippen LogP contribution in [0.15, 0.2) is 24.5 Å². The molecule has 0 radical (unpaired) electrons. The Bertz CT molecular complexity index is 608. The van der Waals surface area contributed by atoms with Gasteiger partial charge in [-0.25, -0.2) is 0 Å². The molecule has 0 aliphatic carbocycles. The average Bonchev–Trinajstić information content (AvgIpc) is 2.94. The molecule has 1 heterocycles. The Morgan fingerprint density at radius 2 is 2.19 bits per heavy atom. The molecule has 0 aliphatic rings. The Balaban J connectivity index is 2.45. The van der Waals surface area contributed by atoms with Crippen LogP contribution in [-0.4, -0.2) is 21.6 Å². The summed E-state index contributed by atoms with van der Waals surface area (Å²) in [4.78, 5) is 0. The molecule has 21 heavy (non-hydrogen) atoms. The third kappa shape index (κ3) is 3.28. The first-order valence-corrected chi connectivity index (χ1v) is 7.05. The fourth-order valence-corrected chi connectivity index (χ4v) is 2.01. The van der Waals surface area contributed by atoms with Gasteiger partial charge in [0.2, 0.25) is 0 Å². The molecule has 0 aliphatic heterocycles. The number of aromatic nitrogens is 2. The molecule has 6 nitrogen and oxygen atoms in total. The molecule has 0 fully saturated rings. The van der Waals surface area contributed by atoms with Gasteiger partial charge in [-0.15, -0.1) is 0 Å². The molecule has 0 spiro atoms. The predicted octanol–water partition coefficient (Wildman–Crippen LogP) is 2.99. The van der Waals surface area contributed by atoms with Gasteiger partial charge in [-0.3, -0.25) is 15.4 Å². The number of nitrogens with two attached hydrogens (primary N) is 1. The second-order valence-electron chi connectivity index (χ2n) is 5.30. The van der Waals surface area contributed by atoms with Crippen LogP contribution in [0.3, 0.4) is 0 Å². The molecule has 0 saturated heterocycles. The summed E-state index contributed by atoms with van der Waals surface area (Å²) in [7, 11) is 0. The molecule has 0 atom stereocenters. The first-order valence-electron chi connectivity index (χ1n) is 7.05. The number of hydrogen-bond acceptors (Lipinski definition) is 5. The van der Waals surface area contributed by atoms with E-state index in [0.29, 0.717) is 29.6 Å². The molecule has 6 heteroatoms. The molecule has 0 amide bonds. The van der Waals surface area contributed by atoms with Gasteiger partial charge < -0.3 is 10.5 Å². The quantitative estimate of drug-likeness (QED) is 0.562. The summed E-state index contributed by atoms with van der Waals surface area (Å²) in [5, 5.41) is 13.4. The zero-order chi connectivity index (χ0) is 15.4. The van der Waals surface area contributed by atoms with Crippen molar-refractivity contribution in [2.45, 2.75) is 27.3 Å². The van der Waals surface area contributed by atoms with Gasteiger partial charge in [0, 0.05) is 23.9 Å². The number of rotatable bonds is 6. The summed E-state index contributed by atoms with van der Waals surface area (Å²) >= 11 is 0. The zero-order valence-corrected chi connectivity index (χ0v) is 12.6. The van der Waals surface area contributed by atoms with Crippen molar-refractivity contribution < 1.29 is 9.94 Å². The van der Waals surface area contributed by atoms with Crippen molar-refractivity contribution in [1.29, 1.82) is 0 Å². The van der Waals surface area contributed by atoms with Gasteiger partial charge in [-0.2, -0.15) is 5.10 Å². The van der Waals surface area contributed by atoms with Crippen molar-refractivity contribution in [2.24, 2.45) is 5.92 Å². The average molecular weight is 290 g/mol. The minimum absolute atomic E-state index is 0.376. The second-order valence-corrected chi connectivity index (χ2v) is 5.30. The summed E-state index contributed by atoms with van der Waals surface area (Å²) in [5.41, 5.74) is 10.8. The lowest BCUT2D eigenvalue weighted by atomic mass is 10.1. The van der Waals surface area contributed by atoms with E-state index in [1.807, 2.05) is 23.9 Å². The van der Waals surface area contributed by atoms with Crippen molar-refractivity contribution in [3.05, 3.63) is 24.5 Å².